The lowest BCUT2D eigenvalue weighted by molar-refractivity contribution is 0.408. The fourth-order valence-corrected chi connectivity index (χ4v) is 2.38. The molecule has 0 bridgehead atoms. The number of nitrogens with zero attached hydrogens (tertiary/aromatic N) is 1. The highest BCUT2D eigenvalue weighted by atomic mass is 14.8. The van der Waals surface area contributed by atoms with E-state index in [-0.39, 0.29) is 12.1 Å². The Bertz CT molecular complexity index is 249. The van der Waals surface area contributed by atoms with Crippen LogP contribution in [0.15, 0.2) is 16.6 Å². The van der Waals surface area contributed by atoms with Gasteiger partial charge >= 0.3 is 0 Å². The Labute approximate surface area is 86.3 Å². The molecule has 2 rings (SSSR count). The third-order valence-corrected chi connectivity index (χ3v) is 3.48. The molecule has 2 heteroatoms. The average molecular weight is 192 g/mol. The second-order valence-corrected chi connectivity index (χ2v) is 4.60. The van der Waals surface area contributed by atoms with E-state index in [1.807, 2.05) is 0 Å². The summed E-state index contributed by atoms with van der Waals surface area (Å²) in [5, 5.41) is 0. The molecular weight excluding hydrogens is 172 g/mol. The van der Waals surface area contributed by atoms with E-state index in [0.29, 0.717) is 0 Å². The molecule has 0 saturated heterocycles. The van der Waals surface area contributed by atoms with Crippen LogP contribution in [-0.2, 0) is 0 Å². The fraction of sp³-hybridized carbons (Fsp3) is 0.750. The number of nitrogens with two attached hydrogens (primary N) is 1. The first-order valence-corrected chi connectivity index (χ1v) is 5.78. The normalized spacial score (nSPS) is 34.3. The van der Waals surface area contributed by atoms with E-state index < -0.39 is 0 Å². The molecule has 2 atom stereocenters. The quantitative estimate of drug-likeness (QED) is 0.680. The summed E-state index contributed by atoms with van der Waals surface area (Å²) in [5.41, 5.74) is 7.38. The van der Waals surface area contributed by atoms with Crippen LogP contribution in [0.5, 0.6) is 0 Å². The molecule has 0 amide bonds. The van der Waals surface area contributed by atoms with Gasteiger partial charge in [0, 0.05) is 12.3 Å². The summed E-state index contributed by atoms with van der Waals surface area (Å²) >= 11 is 0. The second-order valence-electron chi connectivity index (χ2n) is 4.60. The van der Waals surface area contributed by atoms with Crippen LogP contribution in [0, 0.1) is 5.92 Å². The maximum atomic E-state index is 5.99. The average Bonchev–Trinajstić information content (AvgIpc) is 2.23. The van der Waals surface area contributed by atoms with Crippen LogP contribution in [0.3, 0.4) is 0 Å². The molecule has 2 aliphatic rings. The monoisotopic (exact) mass is 192 g/mol. The van der Waals surface area contributed by atoms with Gasteiger partial charge in [0.1, 0.15) is 0 Å². The van der Waals surface area contributed by atoms with Crippen molar-refractivity contribution in [1.29, 1.82) is 0 Å². The van der Waals surface area contributed by atoms with E-state index in [1.165, 1.54) is 37.7 Å². The molecule has 0 aromatic heterocycles. The highest BCUT2D eigenvalue weighted by molar-refractivity contribution is 5.80. The number of dihydropyridines is 1. The molecule has 14 heavy (non-hydrogen) atoms. The summed E-state index contributed by atoms with van der Waals surface area (Å²) in [6.07, 6.45) is 11.1. The summed E-state index contributed by atoms with van der Waals surface area (Å²) in [4.78, 5) is 4.45. The molecule has 0 spiro atoms. The van der Waals surface area contributed by atoms with Crippen LogP contribution >= 0.6 is 0 Å². The zero-order valence-corrected chi connectivity index (χ0v) is 8.95. The third-order valence-electron chi connectivity index (χ3n) is 3.48. The van der Waals surface area contributed by atoms with Gasteiger partial charge in [0.15, 0.2) is 0 Å². The smallest absolute Gasteiger partial charge is 0.0658 e. The first-order chi connectivity index (χ1) is 6.77. The molecule has 2 N–H and O–H groups in total. The van der Waals surface area contributed by atoms with Crippen LogP contribution in [0.2, 0.25) is 0 Å². The molecule has 0 aromatic carbocycles. The van der Waals surface area contributed by atoms with E-state index in [4.69, 9.17) is 5.73 Å². The van der Waals surface area contributed by atoms with Crippen LogP contribution in [0.25, 0.3) is 0 Å². The Morgan fingerprint density at radius 1 is 1.29 bits per heavy atom. The van der Waals surface area contributed by atoms with Gasteiger partial charge in [-0.1, -0.05) is 25.3 Å². The highest BCUT2D eigenvalue weighted by Gasteiger charge is 2.21. The molecule has 2 nitrogen and oxygen atoms in total. The van der Waals surface area contributed by atoms with E-state index in [2.05, 4.69) is 24.2 Å². The summed E-state index contributed by atoms with van der Waals surface area (Å²) in [6.45, 7) is 2.08. The predicted molar refractivity (Wildman–Crippen MR) is 60.6 cm³/mol. The van der Waals surface area contributed by atoms with Gasteiger partial charge in [0.05, 0.1) is 6.04 Å². The fourth-order valence-electron chi connectivity index (χ4n) is 2.38. The second kappa shape index (κ2) is 4.26. The zero-order valence-electron chi connectivity index (χ0n) is 8.95. The molecule has 1 aliphatic carbocycles. The summed E-state index contributed by atoms with van der Waals surface area (Å²) < 4.78 is 0. The Morgan fingerprint density at radius 3 is 2.64 bits per heavy atom. The number of aliphatic imine (C=N–C) groups is 1. The first-order valence-electron chi connectivity index (χ1n) is 5.78. The summed E-state index contributed by atoms with van der Waals surface area (Å²) in [6, 6.07) is 0.402. The lowest BCUT2D eigenvalue weighted by atomic mass is 9.82. The van der Waals surface area contributed by atoms with E-state index in [9.17, 15) is 0 Å². The van der Waals surface area contributed by atoms with E-state index in [1.54, 1.807) is 0 Å². The van der Waals surface area contributed by atoms with Crippen molar-refractivity contribution in [1.82, 2.24) is 0 Å². The maximum absolute atomic E-state index is 5.99. The van der Waals surface area contributed by atoms with Gasteiger partial charge in [-0.2, -0.15) is 0 Å². The minimum absolute atomic E-state index is 0.136. The Morgan fingerprint density at radius 2 is 2.00 bits per heavy atom. The molecule has 78 valence electrons. The molecule has 1 aliphatic heterocycles. The van der Waals surface area contributed by atoms with Gasteiger partial charge in [-0.15, -0.1) is 0 Å². The van der Waals surface area contributed by atoms with Gasteiger partial charge in [-0.25, -0.2) is 0 Å². The van der Waals surface area contributed by atoms with Crippen molar-refractivity contribution in [2.24, 2.45) is 16.6 Å². The third kappa shape index (κ3) is 2.06. The van der Waals surface area contributed by atoms with Crippen molar-refractivity contribution in [3.63, 3.8) is 0 Å². The molecule has 1 saturated carbocycles. The molecular formula is C12H20N2. The number of allylic oxidation sites excluding steroid dienone is 1. The van der Waals surface area contributed by atoms with Crippen molar-refractivity contribution in [3.05, 3.63) is 11.6 Å². The lowest BCUT2D eigenvalue weighted by Crippen LogP contribution is -2.33. The van der Waals surface area contributed by atoms with Crippen LogP contribution in [0.4, 0.5) is 0 Å². The predicted octanol–water partition coefficient (Wildman–Crippen LogP) is 2.29. The summed E-state index contributed by atoms with van der Waals surface area (Å²) in [5.74, 6) is 0.742. The first kappa shape index (κ1) is 9.91. The van der Waals surface area contributed by atoms with Gasteiger partial charge in [0.25, 0.3) is 0 Å². The SMILES string of the molecule is CC1N=CC(C2CCCCC2)=CC1N. The van der Waals surface area contributed by atoms with Crippen molar-refractivity contribution in [3.8, 4) is 0 Å². The molecule has 1 fully saturated rings. The van der Waals surface area contributed by atoms with Crippen molar-refractivity contribution in [2.45, 2.75) is 51.1 Å². The van der Waals surface area contributed by atoms with Crippen molar-refractivity contribution in [2.75, 3.05) is 0 Å². The Hall–Kier alpha value is -0.630. The van der Waals surface area contributed by atoms with Crippen LogP contribution in [0.1, 0.15) is 39.0 Å². The van der Waals surface area contributed by atoms with E-state index in [0.717, 1.165) is 5.92 Å². The summed E-state index contributed by atoms with van der Waals surface area (Å²) in [7, 11) is 0. The molecule has 1 heterocycles. The van der Waals surface area contributed by atoms with E-state index >= 15 is 0 Å². The highest BCUT2D eigenvalue weighted by Crippen LogP contribution is 2.30. The van der Waals surface area contributed by atoms with Gasteiger partial charge in [-0.3, -0.25) is 4.99 Å². The maximum Gasteiger partial charge on any atom is 0.0658 e. The minimum atomic E-state index is 0.136. The standard InChI is InChI=1S/C12H20N2/c1-9-12(13)7-11(8-14-9)10-5-3-2-4-6-10/h7-10,12H,2-6,13H2,1H3. The lowest BCUT2D eigenvalue weighted by Gasteiger charge is -2.26. The minimum Gasteiger partial charge on any atom is -0.323 e. The van der Waals surface area contributed by atoms with Crippen LogP contribution in [-0.4, -0.2) is 18.3 Å². The Balaban J connectivity index is 2.03. The number of hydrogen-bond acceptors (Lipinski definition) is 2. The van der Waals surface area contributed by atoms with Crippen molar-refractivity contribution < 1.29 is 0 Å². The zero-order chi connectivity index (χ0) is 9.97. The van der Waals surface area contributed by atoms with Crippen molar-refractivity contribution >= 4 is 6.21 Å². The molecule has 0 aromatic rings. The van der Waals surface area contributed by atoms with Crippen LogP contribution < -0.4 is 5.73 Å². The van der Waals surface area contributed by atoms with Gasteiger partial charge in [-0.05, 0) is 31.3 Å². The Kier molecular flexibility index (Phi) is 3.02. The van der Waals surface area contributed by atoms with Gasteiger partial charge in [0.2, 0.25) is 0 Å². The topological polar surface area (TPSA) is 38.4 Å². The molecule has 2 unspecified atom stereocenters. The largest absolute Gasteiger partial charge is 0.323 e. The number of hydrogen-bond donors (Lipinski definition) is 1. The van der Waals surface area contributed by atoms with Gasteiger partial charge < -0.3 is 5.73 Å². The number of rotatable bonds is 1. The molecule has 0 radical (unpaired) electrons.